The van der Waals surface area contributed by atoms with Gasteiger partial charge in [0, 0.05) is 30.1 Å². The van der Waals surface area contributed by atoms with Gasteiger partial charge < -0.3 is 33.7 Å². The lowest BCUT2D eigenvalue weighted by atomic mass is 9.88. The largest absolute Gasteiger partial charge is 0.493 e. The number of ether oxygens (including phenoxy) is 6. The molecule has 0 fully saturated rings. The lowest BCUT2D eigenvalue weighted by molar-refractivity contribution is 0.303. The first-order valence-corrected chi connectivity index (χ1v) is 14.7. The first-order valence-electron chi connectivity index (χ1n) is 14.7. The minimum Gasteiger partial charge on any atom is -0.493 e. The minimum absolute atomic E-state index is 0.0109. The van der Waals surface area contributed by atoms with Gasteiger partial charge in [0.25, 0.3) is 0 Å². The smallest absolute Gasteiger partial charge is 0.212 e. The molecule has 4 aromatic rings. The molecule has 7 bridgehead atoms. The summed E-state index contributed by atoms with van der Waals surface area (Å²) in [6.45, 7) is 1.53. The molecule has 5 aliphatic heterocycles. The number of nitrogens with zero attached hydrogens (tertiary/aromatic N) is 1. The fraction of sp³-hybridized carbons (Fsp3) is 0.286. The Balaban J connectivity index is 1.35. The third kappa shape index (κ3) is 4.28. The van der Waals surface area contributed by atoms with Crippen molar-refractivity contribution in [2.45, 2.75) is 31.7 Å². The molecule has 0 aliphatic carbocycles. The molecule has 8 nitrogen and oxygen atoms in total. The summed E-state index contributed by atoms with van der Waals surface area (Å²) >= 11 is 0. The van der Waals surface area contributed by atoms with Gasteiger partial charge >= 0.3 is 0 Å². The van der Waals surface area contributed by atoms with Gasteiger partial charge in [-0.15, -0.1) is 0 Å². The predicted molar refractivity (Wildman–Crippen MR) is 163 cm³/mol. The van der Waals surface area contributed by atoms with E-state index in [0.717, 1.165) is 59.5 Å². The molecule has 43 heavy (non-hydrogen) atoms. The Morgan fingerprint density at radius 3 is 2.40 bits per heavy atom. The Bertz CT molecular complexity index is 1800. The van der Waals surface area contributed by atoms with Gasteiger partial charge in [-0.3, -0.25) is 4.99 Å². The van der Waals surface area contributed by atoms with Crippen LogP contribution in [-0.4, -0.2) is 40.1 Å². The third-order valence-corrected chi connectivity index (χ3v) is 8.75. The van der Waals surface area contributed by atoms with Crippen LogP contribution >= 0.6 is 0 Å². The van der Waals surface area contributed by atoms with E-state index in [1.54, 1.807) is 21.3 Å². The van der Waals surface area contributed by atoms with Crippen LogP contribution in [-0.2, 0) is 25.7 Å². The summed E-state index contributed by atoms with van der Waals surface area (Å²) in [4.78, 5) is 4.98. The van der Waals surface area contributed by atoms with Crippen molar-refractivity contribution in [3.05, 3.63) is 88.0 Å². The van der Waals surface area contributed by atoms with E-state index in [1.807, 2.05) is 24.3 Å². The van der Waals surface area contributed by atoms with E-state index in [-0.39, 0.29) is 6.04 Å². The maximum absolute atomic E-state index is 6.87. The minimum atomic E-state index is 0.0109. The van der Waals surface area contributed by atoms with Gasteiger partial charge in [0.2, 0.25) is 11.5 Å². The van der Waals surface area contributed by atoms with Crippen molar-refractivity contribution in [2.75, 3.05) is 34.4 Å². The second-order valence-corrected chi connectivity index (χ2v) is 11.2. The van der Waals surface area contributed by atoms with Crippen molar-refractivity contribution in [3.63, 3.8) is 0 Å². The number of aliphatic imine (C=N–C) groups is 1. The molecular formula is C35H32N2O6. The number of fused-ring (bicyclic) bond motifs is 2. The molecule has 0 radical (unpaired) electrons. The lowest BCUT2D eigenvalue weighted by Crippen LogP contribution is -2.32. The predicted octanol–water partition coefficient (Wildman–Crippen LogP) is 6.73. The fourth-order valence-electron chi connectivity index (χ4n) is 6.73. The maximum Gasteiger partial charge on any atom is 0.212 e. The van der Waals surface area contributed by atoms with E-state index in [4.69, 9.17) is 33.4 Å². The first kappa shape index (κ1) is 26.0. The summed E-state index contributed by atoms with van der Waals surface area (Å²) in [6, 6.07) is 18.4. The van der Waals surface area contributed by atoms with Crippen molar-refractivity contribution in [1.29, 1.82) is 0 Å². The molecule has 1 N–H and O–H groups in total. The number of methoxy groups -OCH3 is 3. The molecule has 1 atom stereocenters. The van der Waals surface area contributed by atoms with Crippen molar-refractivity contribution < 1.29 is 28.4 Å². The third-order valence-electron chi connectivity index (χ3n) is 8.75. The molecule has 5 heterocycles. The van der Waals surface area contributed by atoms with Crippen LogP contribution in [0.2, 0.25) is 0 Å². The van der Waals surface area contributed by atoms with Crippen LogP contribution in [0.1, 0.15) is 39.4 Å². The summed E-state index contributed by atoms with van der Waals surface area (Å²) in [6.07, 6.45) is 2.99. The summed E-state index contributed by atoms with van der Waals surface area (Å²) in [5.74, 6) is 5.83. The van der Waals surface area contributed by atoms with E-state index < -0.39 is 0 Å². The van der Waals surface area contributed by atoms with Crippen molar-refractivity contribution >= 4 is 5.71 Å². The molecule has 5 aliphatic rings. The second kappa shape index (κ2) is 10.2. The van der Waals surface area contributed by atoms with Crippen LogP contribution in [0.25, 0.3) is 0 Å². The van der Waals surface area contributed by atoms with E-state index >= 15 is 0 Å². The van der Waals surface area contributed by atoms with Gasteiger partial charge in [-0.2, -0.15) is 0 Å². The van der Waals surface area contributed by atoms with Crippen molar-refractivity contribution in [2.24, 2.45) is 4.99 Å². The Morgan fingerprint density at radius 2 is 1.58 bits per heavy atom. The van der Waals surface area contributed by atoms with E-state index in [0.29, 0.717) is 59.0 Å². The van der Waals surface area contributed by atoms with Gasteiger partial charge in [-0.05, 0) is 84.5 Å². The SMILES string of the molecule is COc1ccc2cc1Oc1ccc(cc1)CC1NCCc3cc(OC)c4c(c31)Oc1c(cc3c(c1OC)C(=NCC3)C2)O4. The zero-order valence-electron chi connectivity index (χ0n) is 24.4. The van der Waals surface area contributed by atoms with Crippen LogP contribution in [0, 0.1) is 0 Å². The van der Waals surface area contributed by atoms with Gasteiger partial charge in [-0.25, -0.2) is 0 Å². The molecule has 8 heteroatoms. The van der Waals surface area contributed by atoms with E-state index in [9.17, 15) is 0 Å². The van der Waals surface area contributed by atoms with Gasteiger partial charge in [-0.1, -0.05) is 18.2 Å². The van der Waals surface area contributed by atoms with Gasteiger partial charge in [0.05, 0.1) is 27.0 Å². The maximum atomic E-state index is 6.87. The Labute approximate surface area is 250 Å². The zero-order valence-corrected chi connectivity index (χ0v) is 24.4. The molecule has 0 saturated carbocycles. The zero-order chi connectivity index (χ0) is 29.1. The molecule has 0 saturated heterocycles. The molecule has 218 valence electrons. The second-order valence-electron chi connectivity index (χ2n) is 11.2. The van der Waals surface area contributed by atoms with Gasteiger partial charge in [0.1, 0.15) is 5.75 Å². The summed E-state index contributed by atoms with van der Waals surface area (Å²) < 4.78 is 37.5. The molecule has 4 aromatic carbocycles. The lowest BCUT2D eigenvalue weighted by Gasteiger charge is -2.34. The number of rotatable bonds is 3. The van der Waals surface area contributed by atoms with Crippen LogP contribution < -0.4 is 33.7 Å². The average molecular weight is 577 g/mol. The van der Waals surface area contributed by atoms with Crippen molar-refractivity contribution in [3.8, 4) is 51.7 Å². The fourth-order valence-corrected chi connectivity index (χ4v) is 6.73. The number of nitrogens with one attached hydrogen (secondary N) is 1. The standard InChI is InChI=1S/C35H32N2O6/c1-38-26-9-6-20-15-25-30-22(11-13-37-25)18-29-33(34(30)40-3)43-35-31-21(17-28(39-2)32(35)42-29)10-12-36-24(31)14-19-4-7-23(8-5-19)41-27(26)16-20/h4-9,16-18,24,36H,10-15H2,1-3H3. The van der Waals surface area contributed by atoms with Crippen LogP contribution in [0.15, 0.2) is 59.6 Å². The Kier molecular flexibility index (Phi) is 6.19. The van der Waals surface area contributed by atoms with Crippen molar-refractivity contribution in [1.82, 2.24) is 5.32 Å². The highest BCUT2D eigenvalue weighted by atomic mass is 16.6. The Morgan fingerprint density at radius 1 is 0.744 bits per heavy atom. The topological polar surface area (TPSA) is 79.8 Å². The Hall–Kier alpha value is -4.69. The number of benzene rings is 4. The quantitative estimate of drug-likeness (QED) is 0.255. The van der Waals surface area contributed by atoms with Gasteiger partial charge in [0.15, 0.2) is 34.5 Å². The highest BCUT2D eigenvalue weighted by Gasteiger charge is 2.37. The van der Waals surface area contributed by atoms with Crippen LogP contribution in [0.4, 0.5) is 0 Å². The normalized spacial score (nSPS) is 17.5. The molecule has 0 spiro atoms. The molecular weight excluding hydrogens is 544 g/mol. The highest BCUT2D eigenvalue weighted by molar-refractivity contribution is 6.07. The highest BCUT2D eigenvalue weighted by Crippen LogP contribution is 2.58. The number of hydrogen-bond donors (Lipinski definition) is 1. The summed E-state index contributed by atoms with van der Waals surface area (Å²) in [7, 11) is 5.01. The summed E-state index contributed by atoms with van der Waals surface area (Å²) in [5, 5.41) is 3.72. The monoisotopic (exact) mass is 576 g/mol. The molecule has 9 rings (SSSR count). The van der Waals surface area contributed by atoms with E-state index in [1.165, 1.54) is 11.1 Å². The average Bonchev–Trinajstić information content (AvgIpc) is 3.03. The first-order chi connectivity index (χ1) is 21.1. The summed E-state index contributed by atoms with van der Waals surface area (Å²) in [5.41, 5.74) is 7.50. The molecule has 0 aromatic heterocycles. The van der Waals surface area contributed by atoms with E-state index in [2.05, 4.69) is 35.6 Å². The van der Waals surface area contributed by atoms with Crippen LogP contribution in [0.3, 0.4) is 0 Å². The number of hydrogen-bond acceptors (Lipinski definition) is 8. The van der Waals surface area contributed by atoms with Crippen LogP contribution in [0.5, 0.6) is 51.7 Å². The molecule has 0 amide bonds. The molecule has 1 unspecified atom stereocenters.